The van der Waals surface area contributed by atoms with Crippen molar-refractivity contribution in [2.75, 3.05) is 31.1 Å². The molecule has 3 aromatic rings. The number of benzene rings is 3. The summed E-state index contributed by atoms with van der Waals surface area (Å²) in [5.74, 6) is -0.110. The van der Waals surface area contributed by atoms with Crippen molar-refractivity contribution in [2.24, 2.45) is 0 Å². The van der Waals surface area contributed by atoms with E-state index in [9.17, 15) is 14.0 Å². The fourth-order valence-corrected chi connectivity index (χ4v) is 4.96. The summed E-state index contributed by atoms with van der Waals surface area (Å²) < 4.78 is 20.5. The van der Waals surface area contributed by atoms with Crippen LogP contribution in [0.2, 0.25) is 0 Å². The fraction of sp³-hybridized carbons (Fsp3) is 0.290. The molecule has 6 nitrogen and oxygen atoms in total. The van der Waals surface area contributed by atoms with Crippen LogP contribution in [-0.2, 0) is 11.3 Å². The maximum Gasteiger partial charge on any atom is 0.294 e. The molecule has 2 aliphatic heterocycles. The molecule has 0 unspecified atom stereocenters. The number of rotatable bonds is 8. The lowest BCUT2D eigenvalue weighted by atomic mass is 10.0. The summed E-state index contributed by atoms with van der Waals surface area (Å²) in [5.41, 5.74) is 2.99. The molecule has 38 heavy (non-hydrogen) atoms. The largest absolute Gasteiger partial charge is 0.449 e. The van der Waals surface area contributed by atoms with Gasteiger partial charge in [-0.3, -0.25) is 14.5 Å². The summed E-state index contributed by atoms with van der Waals surface area (Å²) in [6.07, 6.45) is 3.46. The van der Waals surface area contributed by atoms with E-state index in [4.69, 9.17) is 4.74 Å². The minimum Gasteiger partial charge on any atom is -0.449 e. The van der Waals surface area contributed by atoms with Crippen molar-refractivity contribution in [3.8, 4) is 5.75 Å². The lowest BCUT2D eigenvalue weighted by Gasteiger charge is -2.31. The zero-order chi connectivity index (χ0) is 26.5. The second kappa shape index (κ2) is 11.6. The van der Waals surface area contributed by atoms with Crippen molar-refractivity contribution in [1.29, 1.82) is 0 Å². The molecule has 1 saturated heterocycles. The lowest BCUT2D eigenvalue weighted by Crippen LogP contribution is -2.37. The molecule has 0 saturated carbocycles. The van der Waals surface area contributed by atoms with E-state index in [1.54, 1.807) is 47.4 Å². The van der Waals surface area contributed by atoms with Gasteiger partial charge in [-0.25, -0.2) is 4.39 Å². The summed E-state index contributed by atoms with van der Waals surface area (Å²) in [6, 6.07) is 20.8. The number of likely N-dealkylation sites (tertiary alicyclic amines) is 1. The molecule has 0 spiro atoms. The third kappa shape index (κ3) is 5.63. The molecule has 7 heteroatoms. The number of carbonyl (C=O) groups is 2. The summed E-state index contributed by atoms with van der Waals surface area (Å²) >= 11 is 0. The normalized spacial score (nSPS) is 16.7. The van der Waals surface area contributed by atoms with E-state index in [1.165, 1.54) is 18.9 Å². The maximum atomic E-state index is 14.4. The number of allylic oxidation sites excluding steroid dienone is 1. The molecule has 2 aliphatic rings. The fourth-order valence-electron chi connectivity index (χ4n) is 4.96. The Morgan fingerprint density at radius 2 is 1.63 bits per heavy atom. The predicted octanol–water partition coefficient (Wildman–Crippen LogP) is 5.40. The Morgan fingerprint density at radius 3 is 2.39 bits per heavy atom. The van der Waals surface area contributed by atoms with Gasteiger partial charge in [-0.1, -0.05) is 42.5 Å². The van der Waals surface area contributed by atoms with Crippen LogP contribution in [0.3, 0.4) is 0 Å². The van der Waals surface area contributed by atoms with Crippen LogP contribution >= 0.6 is 0 Å². The Bertz CT molecular complexity index is 1350. The minimum atomic E-state index is -0.364. The number of ether oxygens (including phenoxy) is 1. The molecule has 0 aliphatic carbocycles. The van der Waals surface area contributed by atoms with E-state index in [0.717, 1.165) is 31.6 Å². The second-order valence-corrected chi connectivity index (χ2v) is 9.74. The topological polar surface area (TPSA) is 61.9 Å². The quantitative estimate of drug-likeness (QED) is 0.324. The van der Waals surface area contributed by atoms with E-state index in [0.29, 0.717) is 34.7 Å². The molecule has 0 bridgehead atoms. The molecular weight excluding hydrogens is 481 g/mol. The van der Waals surface area contributed by atoms with Crippen LogP contribution in [0.15, 0.2) is 78.6 Å². The maximum absolute atomic E-state index is 14.4. The standard InChI is InChI=1S/C31H32FN3O3/c1-22(23-13-15-24(16-14-23)30(36)33-17-8-20-34-18-6-7-19-34)29-31(37)35(21-25-9-2-3-10-26(25)32)27-11-4-5-12-28(27)38-29/h2-5,9-16H,6-8,17-21H2,1H3,(H,33,36). The van der Waals surface area contributed by atoms with Crippen molar-refractivity contribution in [3.05, 3.63) is 101 Å². The number of carbonyl (C=O) groups excluding carboxylic acids is 2. The van der Waals surface area contributed by atoms with Gasteiger partial charge in [0, 0.05) is 23.2 Å². The van der Waals surface area contributed by atoms with Crippen LogP contribution in [0.5, 0.6) is 5.75 Å². The molecule has 2 heterocycles. The van der Waals surface area contributed by atoms with Crippen molar-refractivity contribution in [3.63, 3.8) is 0 Å². The van der Waals surface area contributed by atoms with E-state index in [2.05, 4.69) is 10.2 Å². The molecular formula is C31H32FN3O3. The Hall–Kier alpha value is -3.97. The van der Waals surface area contributed by atoms with Gasteiger partial charge < -0.3 is 15.0 Å². The zero-order valence-corrected chi connectivity index (χ0v) is 21.6. The number of para-hydroxylation sites is 2. The van der Waals surface area contributed by atoms with E-state index in [1.807, 2.05) is 31.2 Å². The van der Waals surface area contributed by atoms with E-state index in [-0.39, 0.29) is 29.9 Å². The highest BCUT2D eigenvalue weighted by atomic mass is 19.1. The van der Waals surface area contributed by atoms with E-state index >= 15 is 0 Å². The zero-order valence-electron chi connectivity index (χ0n) is 21.6. The lowest BCUT2D eigenvalue weighted by molar-refractivity contribution is -0.117. The summed E-state index contributed by atoms with van der Waals surface area (Å²) in [7, 11) is 0. The van der Waals surface area contributed by atoms with Gasteiger partial charge in [-0.2, -0.15) is 0 Å². The van der Waals surface area contributed by atoms with Crippen molar-refractivity contribution >= 4 is 23.1 Å². The van der Waals surface area contributed by atoms with E-state index < -0.39 is 0 Å². The molecule has 2 amide bonds. The molecule has 0 radical (unpaired) electrons. The molecule has 3 aromatic carbocycles. The molecule has 1 fully saturated rings. The molecule has 196 valence electrons. The SMILES string of the molecule is CC(=C1Oc2ccccc2N(Cc2ccccc2F)C1=O)c1ccc(C(=O)NCCCN2CCCC2)cc1. The molecule has 0 atom stereocenters. The van der Waals surface area contributed by atoms with Crippen LogP contribution in [-0.4, -0.2) is 42.9 Å². The van der Waals surface area contributed by atoms with Crippen molar-refractivity contribution < 1.29 is 18.7 Å². The second-order valence-electron chi connectivity index (χ2n) is 9.74. The number of fused-ring (bicyclic) bond motifs is 1. The predicted molar refractivity (Wildman–Crippen MR) is 146 cm³/mol. The summed E-state index contributed by atoms with van der Waals surface area (Å²) in [5, 5.41) is 2.99. The first-order chi connectivity index (χ1) is 18.5. The van der Waals surface area contributed by atoms with Gasteiger partial charge in [0.25, 0.3) is 11.8 Å². The summed E-state index contributed by atoms with van der Waals surface area (Å²) in [6.45, 7) is 5.86. The highest BCUT2D eigenvalue weighted by Gasteiger charge is 2.32. The van der Waals surface area contributed by atoms with Crippen molar-refractivity contribution in [2.45, 2.75) is 32.7 Å². The molecule has 1 N–H and O–H groups in total. The summed E-state index contributed by atoms with van der Waals surface area (Å²) in [4.78, 5) is 30.2. The smallest absolute Gasteiger partial charge is 0.294 e. The van der Waals surface area contributed by atoms with Crippen LogP contribution in [0, 0.1) is 5.82 Å². The third-order valence-corrected chi connectivity index (χ3v) is 7.15. The highest BCUT2D eigenvalue weighted by molar-refractivity contribution is 6.11. The first kappa shape index (κ1) is 25.7. The van der Waals surface area contributed by atoms with Crippen LogP contribution < -0.4 is 15.0 Å². The van der Waals surface area contributed by atoms with Gasteiger partial charge in [-0.05, 0) is 81.7 Å². The number of amides is 2. The Morgan fingerprint density at radius 1 is 0.947 bits per heavy atom. The Balaban J connectivity index is 1.31. The highest BCUT2D eigenvalue weighted by Crippen LogP contribution is 2.38. The number of halogens is 1. The number of hydrogen-bond acceptors (Lipinski definition) is 4. The number of nitrogens with one attached hydrogen (secondary N) is 1. The average Bonchev–Trinajstić information content (AvgIpc) is 3.47. The van der Waals surface area contributed by atoms with Gasteiger partial charge in [0.2, 0.25) is 0 Å². The Labute approximate surface area is 222 Å². The first-order valence-electron chi connectivity index (χ1n) is 13.2. The monoisotopic (exact) mass is 513 g/mol. The van der Waals surface area contributed by atoms with Gasteiger partial charge in [-0.15, -0.1) is 0 Å². The first-order valence-corrected chi connectivity index (χ1v) is 13.2. The minimum absolute atomic E-state index is 0.0829. The van der Waals surface area contributed by atoms with Gasteiger partial charge in [0.15, 0.2) is 11.5 Å². The van der Waals surface area contributed by atoms with Gasteiger partial charge in [0.1, 0.15) is 5.82 Å². The van der Waals surface area contributed by atoms with Crippen LogP contribution in [0.4, 0.5) is 10.1 Å². The van der Waals surface area contributed by atoms with Crippen molar-refractivity contribution in [1.82, 2.24) is 10.2 Å². The number of nitrogens with zero attached hydrogens (tertiary/aromatic N) is 2. The van der Waals surface area contributed by atoms with Crippen LogP contribution in [0.25, 0.3) is 5.57 Å². The van der Waals surface area contributed by atoms with Crippen LogP contribution in [0.1, 0.15) is 47.7 Å². The molecule has 5 rings (SSSR count). The molecule has 0 aromatic heterocycles. The number of anilines is 1. The van der Waals surface area contributed by atoms with Gasteiger partial charge in [0.05, 0.1) is 12.2 Å². The third-order valence-electron chi connectivity index (χ3n) is 7.15. The Kier molecular flexibility index (Phi) is 7.84. The van der Waals surface area contributed by atoms with Gasteiger partial charge >= 0.3 is 0 Å². The average molecular weight is 514 g/mol. The number of hydrogen-bond donors (Lipinski definition) is 1.